The van der Waals surface area contributed by atoms with Gasteiger partial charge in [0.2, 0.25) is 11.8 Å². The van der Waals surface area contributed by atoms with Gasteiger partial charge in [0.05, 0.1) is 6.04 Å². The lowest BCUT2D eigenvalue weighted by Crippen LogP contribution is -2.41. The van der Waals surface area contributed by atoms with Gasteiger partial charge in [0, 0.05) is 51.4 Å². The van der Waals surface area contributed by atoms with E-state index in [2.05, 4.69) is 25.5 Å². The van der Waals surface area contributed by atoms with E-state index in [4.69, 9.17) is 0 Å². The van der Waals surface area contributed by atoms with Gasteiger partial charge in [-0.15, -0.1) is 0 Å². The summed E-state index contributed by atoms with van der Waals surface area (Å²) in [4.78, 5) is 50.4. The van der Waals surface area contributed by atoms with Crippen LogP contribution in [-0.2, 0) is 9.59 Å². The predicted molar refractivity (Wildman–Crippen MR) is 127 cm³/mol. The van der Waals surface area contributed by atoms with Crippen molar-refractivity contribution in [1.29, 1.82) is 0 Å². The zero-order chi connectivity index (χ0) is 23.4. The second-order valence-electron chi connectivity index (χ2n) is 8.63. The molecule has 176 valence electrons. The molecule has 3 amide bonds. The number of thiazole rings is 1. The number of hydrogen-bond acceptors (Lipinski definition) is 7. The molecule has 1 atom stereocenters. The highest BCUT2D eigenvalue weighted by molar-refractivity contribution is 7.18. The first-order valence-corrected chi connectivity index (χ1v) is 12.3. The topological polar surface area (TPSA) is 108 Å². The van der Waals surface area contributed by atoms with Gasteiger partial charge in [0.1, 0.15) is 4.88 Å². The number of pyridine rings is 1. The van der Waals surface area contributed by atoms with Crippen LogP contribution in [-0.4, -0.2) is 58.8 Å². The summed E-state index contributed by atoms with van der Waals surface area (Å²) in [5, 5.41) is 6.54. The van der Waals surface area contributed by atoms with Crippen molar-refractivity contribution in [2.45, 2.75) is 45.6 Å². The number of likely N-dealkylation sites (tertiary alicyclic amines) is 1. The van der Waals surface area contributed by atoms with Gasteiger partial charge < -0.3 is 20.4 Å². The normalized spacial score (nSPS) is 17.6. The molecule has 33 heavy (non-hydrogen) atoms. The summed E-state index contributed by atoms with van der Waals surface area (Å²) in [6, 6.07) is 3.74. The van der Waals surface area contributed by atoms with E-state index in [-0.39, 0.29) is 29.7 Å². The van der Waals surface area contributed by atoms with Crippen LogP contribution in [0.4, 0.5) is 10.9 Å². The Labute approximate surface area is 197 Å². The Balaban J connectivity index is 1.39. The molecule has 10 heteroatoms. The first-order valence-electron chi connectivity index (χ1n) is 11.5. The molecule has 2 N–H and O–H groups in total. The highest BCUT2D eigenvalue weighted by Gasteiger charge is 2.30. The number of hydrogen-bond donors (Lipinski definition) is 2. The van der Waals surface area contributed by atoms with Crippen LogP contribution in [0.2, 0.25) is 0 Å². The van der Waals surface area contributed by atoms with Gasteiger partial charge in [-0.2, -0.15) is 0 Å². The van der Waals surface area contributed by atoms with Crippen LogP contribution in [0.25, 0.3) is 0 Å². The molecule has 2 aliphatic heterocycles. The van der Waals surface area contributed by atoms with Crippen LogP contribution >= 0.6 is 11.3 Å². The third-order valence-corrected chi connectivity index (χ3v) is 7.30. The molecule has 2 fully saturated rings. The third-order valence-electron chi connectivity index (χ3n) is 6.20. The Morgan fingerprint density at radius 3 is 2.39 bits per heavy atom. The lowest BCUT2D eigenvalue weighted by molar-refractivity contribution is -0.126. The van der Waals surface area contributed by atoms with E-state index in [1.165, 1.54) is 18.3 Å². The zero-order valence-electron chi connectivity index (χ0n) is 19.0. The molecule has 4 heterocycles. The maximum atomic E-state index is 13.0. The van der Waals surface area contributed by atoms with Crippen molar-refractivity contribution in [2.75, 3.05) is 36.4 Å². The molecule has 0 spiro atoms. The first kappa shape index (κ1) is 23.2. The molecule has 9 nitrogen and oxygen atoms in total. The van der Waals surface area contributed by atoms with E-state index >= 15 is 0 Å². The fourth-order valence-electron chi connectivity index (χ4n) is 4.30. The van der Waals surface area contributed by atoms with Gasteiger partial charge in [-0.25, -0.2) is 4.98 Å². The summed E-state index contributed by atoms with van der Waals surface area (Å²) in [6.07, 6.45) is 6.87. The number of carbonyl (C=O) groups is 3. The number of carbonyl (C=O) groups excluding carboxylic acids is 3. The largest absolute Gasteiger partial charge is 0.349 e. The summed E-state index contributed by atoms with van der Waals surface area (Å²) < 4.78 is 0. The minimum atomic E-state index is -0.249. The third kappa shape index (κ3) is 5.50. The number of anilines is 2. The van der Waals surface area contributed by atoms with E-state index in [1.807, 2.05) is 24.0 Å². The fourth-order valence-corrected chi connectivity index (χ4v) is 5.34. The smallest absolute Gasteiger partial charge is 0.267 e. The van der Waals surface area contributed by atoms with E-state index < -0.39 is 0 Å². The highest BCUT2D eigenvalue weighted by atomic mass is 32.1. The fraction of sp³-hybridized carbons (Fsp3) is 0.522. The van der Waals surface area contributed by atoms with Crippen LogP contribution in [0, 0.1) is 5.92 Å². The molecule has 2 aromatic rings. The molecule has 0 radical (unpaired) electrons. The number of piperidine rings is 1. The SMILES string of the molecule is CC(=O)Nc1nc(N2CCC(C(=O)NC(C)c3ccncc3)CC2)sc1C(=O)N1CCCC1. The highest BCUT2D eigenvalue weighted by Crippen LogP contribution is 2.34. The minimum Gasteiger partial charge on any atom is -0.349 e. The van der Waals surface area contributed by atoms with Gasteiger partial charge in [-0.3, -0.25) is 19.4 Å². The van der Waals surface area contributed by atoms with Gasteiger partial charge in [0.15, 0.2) is 10.9 Å². The number of amides is 3. The van der Waals surface area contributed by atoms with Crippen molar-refractivity contribution in [2.24, 2.45) is 5.92 Å². The number of nitrogens with zero attached hydrogens (tertiary/aromatic N) is 4. The second-order valence-corrected chi connectivity index (χ2v) is 9.60. The van der Waals surface area contributed by atoms with Crippen molar-refractivity contribution >= 4 is 40.0 Å². The van der Waals surface area contributed by atoms with E-state index in [0.29, 0.717) is 41.8 Å². The summed E-state index contributed by atoms with van der Waals surface area (Å²) >= 11 is 1.32. The van der Waals surface area contributed by atoms with Gasteiger partial charge in [-0.05, 0) is 50.3 Å². The Kier molecular flexibility index (Phi) is 7.22. The van der Waals surface area contributed by atoms with Gasteiger partial charge in [0.25, 0.3) is 5.91 Å². The summed E-state index contributed by atoms with van der Waals surface area (Å²) in [6.45, 7) is 6.22. The van der Waals surface area contributed by atoms with Crippen LogP contribution in [0.15, 0.2) is 24.5 Å². The number of rotatable bonds is 6. The maximum absolute atomic E-state index is 13.0. The molecule has 2 saturated heterocycles. The average molecular weight is 471 g/mol. The molecule has 0 aliphatic carbocycles. The average Bonchev–Trinajstić information content (AvgIpc) is 3.49. The van der Waals surface area contributed by atoms with Crippen molar-refractivity contribution in [3.05, 3.63) is 35.0 Å². The first-order chi connectivity index (χ1) is 15.9. The van der Waals surface area contributed by atoms with Crippen LogP contribution in [0.5, 0.6) is 0 Å². The summed E-state index contributed by atoms with van der Waals surface area (Å²) in [5.41, 5.74) is 1.03. The Morgan fingerprint density at radius 2 is 1.76 bits per heavy atom. The van der Waals surface area contributed by atoms with Crippen LogP contribution in [0.1, 0.15) is 60.8 Å². The predicted octanol–water partition coefficient (Wildman–Crippen LogP) is 2.83. The van der Waals surface area contributed by atoms with Gasteiger partial charge >= 0.3 is 0 Å². The lowest BCUT2D eigenvalue weighted by atomic mass is 9.95. The maximum Gasteiger partial charge on any atom is 0.267 e. The van der Waals surface area contributed by atoms with E-state index in [0.717, 1.165) is 31.5 Å². The molecular weight excluding hydrogens is 440 g/mol. The van der Waals surface area contributed by atoms with Gasteiger partial charge in [-0.1, -0.05) is 11.3 Å². The molecule has 0 aromatic carbocycles. The van der Waals surface area contributed by atoms with Crippen molar-refractivity contribution in [1.82, 2.24) is 20.2 Å². The second kappa shape index (κ2) is 10.3. The van der Waals surface area contributed by atoms with E-state index in [1.54, 1.807) is 12.4 Å². The van der Waals surface area contributed by atoms with E-state index in [9.17, 15) is 14.4 Å². The molecule has 2 aliphatic rings. The molecule has 0 bridgehead atoms. The Hall–Kier alpha value is -3.01. The Morgan fingerprint density at radius 1 is 1.09 bits per heavy atom. The minimum absolute atomic E-state index is 0.0573. The van der Waals surface area contributed by atoms with Crippen LogP contribution in [0.3, 0.4) is 0 Å². The summed E-state index contributed by atoms with van der Waals surface area (Å²) in [5.74, 6) is 0.0128. The molecular formula is C23H30N6O3S. The Bertz CT molecular complexity index is 997. The van der Waals surface area contributed by atoms with Crippen molar-refractivity contribution in [3.63, 3.8) is 0 Å². The molecule has 1 unspecified atom stereocenters. The standard InChI is InChI=1S/C23H30N6O3S/c1-15(17-5-9-24-10-6-17)25-21(31)18-7-13-29(14-8-18)23-27-20(26-16(2)30)19(33-23)22(32)28-11-3-4-12-28/h5-6,9-10,15,18H,3-4,7-8,11-14H2,1-2H3,(H,25,31)(H,26,30). The number of nitrogens with one attached hydrogen (secondary N) is 2. The monoisotopic (exact) mass is 470 g/mol. The lowest BCUT2D eigenvalue weighted by Gasteiger charge is -2.31. The molecule has 2 aromatic heterocycles. The van der Waals surface area contributed by atoms with Crippen molar-refractivity contribution in [3.8, 4) is 0 Å². The quantitative estimate of drug-likeness (QED) is 0.672. The molecule has 0 saturated carbocycles. The number of aromatic nitrogens is 2. The molecule has 4 rings (SSSR count). The zero-order valence-corrected chi connectivity index (χ0v) is 19.9. The van der Waals surface area contributed by atoms with Crippen molar-refractivity contribution < 1.29 is 14.4 Å². The van der Waals surface area contributed by atoms with Crippen LogP contribution < -0.4 is 15.5 Å². The summed E-state index contributed by atoms with van der Waals surface area (Å²) in [7, 11) is 0.